The number of thioether (sulfide) groups is 1. The molecule has 1 aromatic carbocycles. The largest absolute Gasteiger partial charge is 0.390 e. The van der Waals surface area contributed by atoms with Gasteiger partial charge in [-0.25, -0.2) is 4.98 Å². The SMILES string of the molecule is Cc1ccc(Cn2cc(CO)nc2SCC(N)=O)cc1. The van der Waals surface area contributed by atoms with Crippen molar-refractivity contribution < 1.29 is 9.90 Å². The van der Waals surface area contributed by atoms with Crippen LogP contribution in [0.15, 0.2) is 35.6 Å². The number of hydrogen-bond acceptors (Lipinski definition) is 4. The highest BCUT2D eigenvalue weighted by Crippen LogP contribution is 2.19. The van der Waals surface area contributed by atoms with Gasteiger partial charge in [0.05, 0.1) is 18.1 Å². The monoisotopic (exact) mass is 291 g/mol. The summed E-state index contributed by atoms with van der Waals surface area (Å²) in [5.74, 6) is -0.207. The highest BCUT2D eigenvalue weighted by atomic mass is 32.2. The zero-order valence-electron chi connectivity index (χ0n) is 11.2. The lowest BCUT2D eigenvalue weighted by atomic mass is 10.1. The number of rotatable bonds is 6. The molecular formula is C14H17N3O2S. The van der Waals surface area contributed by atoms with Crippen LogP contribution in [0.4, 0.5) is 0 Å². The van der Waals surface area contributed by atoms with E-state index in [1.54, 1.807) is 6.20 Å². The van der Waals surface area contributed by atoms with E-state index in [1.165, 1.54) is 17.3 Å². The third-order valence-corrected chi connectivity index (χ3v) is 3.78. The van der Waals surface area contributed by atoms with Gasteiger partial charge in [-0.1, -0.05) is 41.6 Å². The number of aryl methyl sites for hydroxylation is 1. The van der Waals surface area contributed by atoms with E-state index in [0.29, 0.717) is 17.4 Å². The molecular weight excluding hydrogens is 274 g/mol. The second kappa shape index (κ2) is 6.58. The Morgan fingerprint density at radius 2 is 2.10 bits per heavy atom. The maximum Gasteiger partial charge on any atom is 0.227 e. The summed E-state index contributed by atoms with van der Waals surface area (Å²) in [6.07, 6.45) is 1.79. The summed E-state index contributed by atoms with van der Waals surface area (Å²) in [5.41, 5.74) is 8.08. The molecule has 0 saturated carbocycles. The number of benzene rings is 1. The second-order valence-corrected chi connectivity index (χ2v) is 5.48. The zero-order valence-corrected chi connectivity index (χ0v) is 12.1. The van der Waals surface area contributed by atoms with E-state index in [1.807, 2.05) is 11.5 Å². The Morgan fingerprint density at radius 3 is 2.70 bits per heavy atom. The molecule has 2 rings (SSSR count). The van der Waals surface area contributed by atoms with Crippen molar-refractivity contribution in [2.75, 3.05) is 5.75 Å². The number of carbonyl (C=O) groups is 1. The number of aromatic nitrogens is 2. The molecule has 0 aliphatic rings. The Kier molecular flexibility index (Phi) is 4.81. The van der Waals surface area contributed by atoms with E-state index in [0.717, 1.165) is 5.56 Å². The maximum absolute atomic E-state index is 10.9. The van der Waals surface area contributed by atoms with E-state index in [4.69, 9.17) is 5.73 Å². The van der Waals surface area contributed by atoms with E-state index >= 15 is 0 Å². The van der Waals surface area contributed by atoms with Crippen LogP contribution in [0, 0.1) is 6.92 Å². The van der Waals surface area contributed by atoms with E-state index < -0.39 is 0 Å². The fourth-order valence-corrected chi connectivity index (χ4v) is 2.52. The summed E-state index contributed by atoms with van der Waals surface area (Å²) in [6.45, 7) is 2.57. The van der Waals surface area contributed by atoms with Crippen molar-refractivity contribution >= 4 is 17.7 Å². The van der Waals surface area contributed by atoms with Gasteiger partial charge in [0.2, 0.25) is 5.91 Å². The first-order valence-electron chi connectivity index (χ1n) is 6.22. The van der Waals surface area contributed by atoms with Crippen molar-refractivity contribution in [3.8, 4) is 0 Å². The van der Waals surface area contributed by atoms with Crippen molar-refractivity contribution in [1.29, 1.82) is 0 Å². The van der Waals surface area contributed by atoms with Gasteiger partial charge in [0.25, 0.3) is 0 Å². The molecule has 1 heterocycles. The third-order valence-electron chi connectivity index (χ3n) is 2.77. The lowest BCUT2D eigenvalue weighted by molar-refractivity contribution is -0.115. The number of imidazole rings is 1. The van der Waals surface area contributed by atoms with Gasteiger partial charge in [-0.05, 0) is 12.5 Å². The van der Waals surface area contributed by atoms with E-state index in [-0.39, 0.29) is 18.3 Å². The smallest absolute Gasteiger partial charge is 0.227 e. The molecule has 2 aromatic rings. The van der Waals surface area contributed by atoms with Crippen molar-refractivity contribution in [2.24, 2.45) is 5.73 Å². The van der Waals surface area contributed by atoms with Crippen LogP contribution in [-0.4, -0.2) is 26.3 Å². The van der Waals surface area contributed by atoms with E-state index in [2.05, 4.69) is 29.2 Å². The second-order valence-electron chi connectivity index (χ2n) is 4.54. The van der Waals surface area contributed by atoms with E-state index in [9.17, 15) is 9.90 Å². The molecule has 5 nitrogen and oxygen atoms in total. The number of amides is 1. The lowest BCUT2D eigenvalue weighted by Crippen LogP contribution is -2.13. The molecule has 20 heavy (non-hydrogen) atoms. The van der Waals surface area contributed by atoms with Crippen LogP contribution in [-0.2, 0) is 17.9 Å². The minimum atomic E-state index is -0.384. The maximum atomic E-state index is 10.9. The molecule has 0 saturated heterocycles. The summed E-state index contributed by atoms with van der Waals surface area (Å²) in [5, 5.41) is 9.87. The van der Waals surface area contributed by atoms with Crippen molar-refractivity contribution in [3.05, 3.63) is 47.3 Å². The molecule has 0 atom stereocenters. The molecule has 0 aliphatic heterocycles. The number of aliphatic hydroxyl groups is 1. The number of aliphatic hydroxyl groups excluding tert-OH is 1. The lowest BCUT2D eigenvalue weighted by Gasteiger charge is -2.07. The van der Waals surface area contributed by atoms with Crippen LogP contribution in [0.1, 0.15) is 16.8 Å². The van der Waals surface area contributed by atoms with Crippen molar-refractivity contribution in [2.45, 2.75) is 25.2 Å². The molecule has 0 spiro atoms. The van der Waals surface area contributed by atoms with Gasteiger partial charge in [0.1, 0.15) is 0 Å². The zero-order chi connectivity index (χ0) is 14.5. The number of nitrogens with two attached hydrogens (primary N) is 1. The first-order chi connectivity index (χ1) is 9.58. The predicted octanol–water partition coefficient (Wildman–Crippen LogP) is 1.31. The number of hydrogen-bond donors (Lipinski definition) is 2. The molecule has 0 fully saturated rings. The van der Waals surface area contributed by atoms with Gasteiger partial charge in [-0.15, -0.1) is 0 Å². The Bertz CT molecular complexity index is 593. The quantitative estimate of drug-likeness (QED) is 0.786. The Hall–Kier alpha value is -1.79. The topological polar surface area (TPSA) is 81.1 Å². The fraction of sp³-hybridized carbons (Fsp3) is 0.286. The van der Waals surface area contributed by atoms with Gasteiger partial charge in [0.15, 0.2) is 5.16 Å². The highest BCUT2D eigenvalue weighted by Gasteiger charge is 2.10. The van der Waals surface area contributed by atoms with Crippen molar-refractivity contribution in [1.82, 2.24) is 9.55 Å². The Balaban J connectivity index is 2.18. The first kappa shape index (κ1) is 14.6. The normalized spacial score (nSPS) is 10.7. The van der Waals surface area contributed by atoms with Crippen LogP contribution < -0.4 is 5.73 Å². The summed E-state index contributed by atoms with van der Waals surface area (Å²) in [4.78, 5) is 15.2. The highest BCUT2D eigenvalue weighted by molar-refractivity contribution is 7.99. The van der Waals surface area contributed by atoms with Gasteiger partial charge in [-0.2, -0.15) is 0 Å². The molecule has 106 valence electrons. The summed E-state index contributed by atoms with van der Waals surface area (Å²) >= 11 is 1.28. The third kappa shape index (κ3) is 3.85. The summed E-state index contributed by atoms with van der Waals surface area (Å²) in [6, 6.07) is 8.21. The van der Waals surface area contributed by atoms with Gasteiger partial charge in [0, 0.05) is 12.7 Å². The average Bonchev–Trinajstić information content (AvgIpc) is 2.81. The summed E-state index contributed by atoms with van der Waals surface area (Å²) in [7, 11) is 0. The predicted molar refractivity (Wildman–Crippen MR) is 78.3 cm³/mol. The molecule has 0 unspecified atom stereocenters. The molecule has 0 aliphatic carbocycles. The van der Waals surface area contributed by atoms with Crippen LogP contribution in [0.2, 0.25) is 0 Å². The summed E-state index contributed by atoms with van der Waals surface area (Å²) < 4.78 is 1.92. The first-order valence-corrected chi connectivity index (χ1v) is 7.20. The minimum Gasteiger partial charge on any atom is -0.390 e. The average molecular weight is 291 g/mol. The van der Waals surface area contributed by atoms with Crippen LogP contribution >= 0.6 is 11.8 Å². The minimum absolute atomic E-state index is 0.120. The molecule has 3 N–H and O–H groups in total. The van der Waals surface area contributed by atoms with Crippen LogP contribution in [0.5, 0.6) is 0 Å². The fourth-order valence-electron chi connectivity index (χ4n) is 1.78. The molecule has 0 radical (unpaired) electrons. The van der Waals surface area contributed by atoms with Gasteiger partial charge < -0.3 is 15.4 Å². The van der Waals surface area contributed by atoms with Gasteiger partial charge in [-0.3, -0.25) is 4.79 Å². The number of carbonyl (C=O) groups excluding carboxylic acids is 1. The molecule has 1 aromatic heterocycles. The number of primary amides is 1. The standard InChI is InChI=1S/C14H17N3O2S/c1-10-2-4-11(5-3-10)6-17-7-12(8-18)16-14(17)20-9-13(15)19/h2-5,7,18H,6,8-9H2,1H3,(H2,15,19). The molecule has 1 amide bonds. The van der Waals surface area contributed by atoms with Crippen molar-refractivity contribution in [3.63, 3.8) is 0 Å². The Morgan fingerprint density at radius 1 is 1.40 bits per heavy atom. The van der Waals surface area contributed by atoms with Gasteiger partial charge >= 0.3 is 0 Å². The molecule has 6 heteroatoms. The number of nitrogens with zero attached hydrogens (tertiary/aromatic N) is 2. The van der Waals surface area contributed by atoms with Crippen LogP contribution in [0.3, 0.4) is 0 Å². The molecule has 0 bridgehead atoms. The Labute approximate surface area is 121 Å². The van der Waals surface area contributed by atoms with Crippen LogP contribution in [0.25, 0.3) is 0 Å².